The molecule has 200 valence electrons. The first kappa shape index (κ1) is 26.5. The highest BCUT2D eigenvalue weighted by atomic mass is 79.9. The summed E-state index contributed by atoms with van der Waals surface area (Å²) in [6.07, 6.45) is 3.68. The summed E-state index contributed by atoms with van der Waals surface area (Å²) in [5.74, 6) is 1.29. The summed E-state index contributed by atoms with van der Waals surface area (Å²) in [5.41, 5.74) is 2.05. The van der Waals surface area contributed by atoms with E-state index < -0.39 is 10.0 Å². The van der Waals surface area contributed by atoms with Gasteiger partial charge < -0.3 is 19.6 Å². The Hall–Kier alpha value is -3.06. The molecule has 1 fully saturated rings. The fourth-order valence-corrected chi connectivity index (χ4v) is 6.31. The summed E-state index contributed by atoms with van der Waals surface area (Å²) in [6, 6.07) is 10.4. The smallest absolute Gasteiger partial charge is 0.283 e. The maximum Gasteiger partial charge on any atom is 0.283 e. The van der Waals surface area contributed by atoms with Crippen LogP contribution in [0.2, 0.25) is 0 Å². The van der Waals surface area contributed by atoms with Gasteiger partial charge in [-0.05, 0) is 53.7 Å². The van der Waals surface area contributed by atoms with Gasteiger partial charge in [0.1, 0.15) is 15.8 Å². The van der Waals surface area contributed by atoms with Crippen molar-refractivity contribution < 1.29 is 18.3 Å². The van der Waals surface area contributed by atoms with E-state index in [4.69, 9.17) is 9.72 Å². The number of aromatic nitrogens is 4. The summed E-state index contributed by atoms with van der Waals surface area (Å²) < 4.78 is 35.1. The van der Waals surface area contributed by atoms with Gasteiger partial charge in [0.2, 0.25) is 0 Å². The number of pyridine rings is 2. The van der Waals surface area contributed by atoms with Gasteiger partial charge in [-0.15, -0.1) is 0 Å². The lowest BCUT2D eigenvalue weighted by Crippen LogP contribution is -2.45. The Kier molecular flexibility index (Phi) is 7.66. The second kappa shape index (κ2) is 11.0. The second-order valence-corrected chi connectivity index (χ2v) is 11.8. The zero-order valence-electron chi connectivity index (χ0n) is 21.2. The number of anilines is 1. The van der Waals surface area contributed by atoms with Crippen LogP contribution in [-0.2, 0) is 10.0 Å². The Morgan fingerprint density at radius 2 is 1.84 bits per heavy atom. The molecule has 4 heterocycles. The van der Waals surface area contributed by atoms with E-state index in [0.717, 1.165) is 36.1 Å². The molecule has 1 aliphatic rings. The molecule has 4 aromatic rings. The number of halogens is 1. The summed E-state index contributed by atoms with van der Waals surface area (Å²) in [5, 5.41) is 14.5. The van der Waals surface area contributed by atoms with E-state index >= 15 is 0 Å². The normalized spacial score (nSPS) is 14.8. The van der Waals surface area contributed by atoms with Gasteiger partial charge in [0.15, 0.2) is 11.6 Å². The summed E-state index contributed by atoms with van der Waals surface area (Å²) >= 11 is 3.41. The minimum atomic E-state index is -4.00. The number of piperazine rings is 1. The van der Waals surface area contributed by atoms with Crippen LogP contribution < -0.4 is 9.64 Å². The lowest BCUT2D eigenvalue weighted by Gasteiger charge is -2.34. The zero-order valence-corrected chi connectivity index (χ0v) is 23.6. The van der Waals surface area contributed by atoms with E-state index in [1.807, 2.05) is 6.07 Å². The van der Waals surface area contributed by atoms with Crippen molar-refractivity contribution in [3.63, 3.8) is 0 Å². The minimum Gasteiger partial charge on any atom is -0.490 e. The van der Waals surface area contributed by atoms with Crippen molar-refractivity contribution >= 4 is 42.7 Å². The predicted octanol–water partition coefficient (Wildman–Crippen LogP) is 3.31. The van der Waals surface area contributed by atoms with Crippen molar-refractivity contribution in [2.45, 2.75) is 18.2 Å². The van der Waals surface area contributed by atoms with Gasteiger partial charge in [0.05, 0.1) is 17.7 Å². The first-order valence-electron chi connectivity index (χ1n) is 12.3. The molecule has 1 aliphatic heterocycles. The molecule has 0 saturated carbocycles. The minimum absolute atomic E-state index is 0.0177. The monoisotopic (exact) mass is 600 g/mol. The first-order valence-corrected chi connectivity index (χ1v) is 14.6. The molecule has 0 bridgehead atoms. The Bertz CT molecular complexity index is 1570. The molecule has 1 N–H and O–H groups in total. The van der Waals surface area contributed by atoms with Crippen molar-refractivity contribution in [3.05, 3.63) is 59.0 Å². The van der Waals surface area contributed by atoms with Gasteiger partial charge in [-0.3, -0.25) is 0 Å². The molecule has 0 unspecified atom stereocenters. The molecule has 5 rings (SSSR count). The molecule has 0 amide bonds. The van der Waals surface area contributed by atoms with Crippen LogP contribution in [0.4, 0.5) is 5.82 Å². The number of ether oxygens (including phenoxy) is 1. The molecule has 0 radical (unpaired) electrons. The average Bonchev–Trinajstić information content (AvgIpc) is 3.29. The zero-order chi connectivity index (χ0) is 26.9. The second-order valence-electron chi connectivity index (χ2n) is 9.25. The molecular formula is C26H29BrN6O4S. The third-order valence-electron chi connectivity index (χ3n) is 6.57. The van der Waals surface area contributed by atoms with Crippen LogP contribution in [-0.4, -0.2) is 84.0 Å². The number of aliphatic hydroxyl groups excluding tert-OH is 1. The average molecular weight is 602 g/mol. The van der Waals surface area contributed by atoms with Crippen LogP contribution >= 0.6 is 15.9 Å². The van der Waals surface area contributed by atoms with E-state index in [9.17, 15) is 13.5 Å². The summed E-state index contributed by atoms with van der Waals surface area (Å²) in [7, 11) is -1.91. The van der Waals surface area contributed by atoms with Crippen molar-refractivity contribution in [2.24, 2.45) is 0 Å². The number of hydrogen-bond acceptors (Lipinski definition) is 9. The highest BCUT2D eigenvalue weighted by Gasteiger charge is 2.27. The molecule has 38 heavy (non-hydrogen) atoms. The lowest BCUT2D eigenvalue weighted by atomic mass is 10.1. The third-order valence-corrected chi connectivity index (χ3v) is 8.75. The van der Waals surface area contributed by atoms with Crippen LogP contribution in [0.5, 0.6) is 5.75 Å². The Morgan fingerprint density at radius 3 is 2.58 bits per heavy atom. The van der Waals surface area contributed by atoms with E-state index in [1.165, 1.54) is 6.20 Å². The van der Waals surface area contributed by atoms with Crippen molar-refractivity contribution in [1.29, 1.82) is 0 Å². The van der Waals surface area contributed by atoms with Gasteiger partial charge in [-0.1, -0.05) is 18.2 Å². The number of nitrogens with zero attached hydrogens (tertiary/aromatic N) is 6. The lowest BCUT2D eigenvalue weighted by molar-refractivity contribution is 0.233. The molecule has 0 spiro atoms. The number of likely N-dealkylation sites (N-methyl/N-ethyl adjacent to an activating group) is 1. The molecule has 3 aromatic heterocycles. The van der Waals surface area contributed by atoms with Gasteiger partial charge >= 0.3 is 0 Å². The topological polar surface area (TPSA) is 114 Å². The highest BCUT2D eigenvalue weighted by molar-refractivity contribution is 9.10. The highest BCUT2D eigenvalue weighted by Crippen LogP contribution is 2.36. The summed E-state index contributed by atoms with van der Waals surface area (Å²) in [6.45, 7) is 5.54. The fourth-order valence-electron chi connectivity index (χ4n) is 4.47. The first-order chi connectivity index (χ1) is 18.3. The fraction of sp³-hybridized carbons (Fsp3) is 0.346. The number of hydrogen-bond donors (Lipinski definition) is 1. The van der Waals surface area contributed by atoms with Crippen molar-refractivity contribution in [3.8, 4) is 17.0 Å². The third kappa shape index (κ3) is 5.13. The standard InChI is InChI=1S/C26H29BrN6O4S/c1-18-6-3-4-7-23(18)38(35,36)33-21-17-28-24(27)15-20(21)25(30-33)19-14-22(37-13-5-12-34)26(29-16-19)32-10-8-31(2)9-11-32/h3-4,6-7,14-17,34H,5,8-13H2,1-2H3. The number of aryl methyl sites for hydroxylation is 1. The molecule has 1 saturated heterocycles. The quantitative estimate of drug-likeness (QED) is 0.240. The Balaban J connectivity index is 1.64. The summed E-state index contributed by atoms with van der Waals surface area (Å²) in [4.78, 5) is 13.6. The Labute approximate surface area is 230 Å². The van der Waals surface area contributed by atoms with E-state index in [2.05, 4.69) is 42.9 Å². The molecule has 12 heteroatoms. The van der Waals surface area contributed by atoms with Crippen LogP contribution in [0.3, 0.4) is 0 Å². The van der Waals surface area contributed by atoms with E-state index in [1.54, 1.807) is 43.5 Å². The number of rotatable bonds is 8. The molecule has 1 aromatic carbocycles. The molecule has 10 nitrogen and oxygen atoms in total. The largest absolute Gasteiger partial charge is 0.490 e. The number of benzene rings is 1. The van der Waals surface area contributed by atoms with Gasteiger partial charge in [0.25, 0.3) is 10.0 Å². The van der Waals surface area contributed by atoms with Gasteiger partial charge in [0, 0.05) is 56.4 Å². The number of aliphatic hydroxyl groups is 1. The SMILES string of the molecule is Cc1ccccc1S(=O)(=O)n1nc(-c2cnc(N3CCN(C)CC3)c(OCCCO)c2)c2cc(Br)ncc21. The maximum absolute atomic E-state index is 13.7. The van der Waals surface area contributed by atoms with Crippen LogP contribution in [0, 0.1) is 6.92 Å². The predicted molar refractivity (Wildman–Crippen MR) is 149 cm³/mol. The molecular weight excluding hydrogens is 572 g/mol. The van der Waals surface area contributed by atoms with Crippen LogP contribution in [0.25, 0.3) is 22.2 Å². The Morgan fingerprint density at radius 1 is 1.08 bits per heavy atom. The van der Waals surface area contributed by atoms with Gasteiger partial charge in [-0.25, -0.2) is 9.97 Å². The van der Waals surface area contributed by atoms with Crippen molar-refractivity contribution in [2.75, 3.05) is 51.3 Å². The molecule has 0 aliphatic carbocycles. The van der Waals surface area contributed by atoms with Crippen LogP contribution in [0.15, 0.2) is 58.3 Å². The van der Waals surface area contributed by atoms with Crippen LogP contribution in [0.1, 0.15) is 12.0 Å². The van der Waals surface area contributed by atoms with E-state index in [-0.39, 0.29) is 11.5 Å². The van der Waals surface area contributed by atoms with E-state index in [0.29, 0.717) is 51.1 Å². The molecule has 0 atom stereocenters. The van der Waals surface area contributed by atoms with Gasteiger partial charge in [-0.2, -0.15) is 17.6 Å². The maximum atomic E-state index is 13.7. The van der Waals surface area contributed by atoms with Crippen molar-refractivity contribution in [1.82, 2.24) is 24.1 Å². The number of fused-ring (bicyclic) bond motifs is 1.